The maximum Gasteiger partial charge on any atom is 0.246 e. The molecule has 39 heavy (non-hydrogen) atoms. The van der Waals surface area contributed by atoms with Gasteiger partial charge >= 0.3 is 0 Å². The number of ether oxygens (including phenoxy) is 2. The smallest absolute Gasteiger partial charge is 0.246 e. The summed E-state index contributed by atoms with van der Waals surface area (Å²) in [6.07, 6.45) is 2.68. The normalized spacial score (nSPS) is 24.5. The van der Waals surface area contributed by atoms with Crippen LogP contribution in [0.5, 0.6) is 5.75 Å². The number of epoxide rings is 1. The number of carbonyl (C=O) groups is 4. The molecule has 2 aliphatic heterocycles. The number of aldehydes is 1. The predicted octanol–water partition coefficient (Wildman–Crippen LogP) is 1.91. The second-order valence-electron chi connectivity index (χ2n) is 11.0. The van der Waals surface area contributed by atoms with E-state index in [-0.39, 0.29) is 24.7 Å². The molecule has 2 saturated heterocycles. The Bertz CT molecular complexity index is 1200. The molecular weight excluding hydrogens is 498 g/mol. The number of ketones is 1. The largest absolute Gasteiger partial charge is 0.497 e. The van der Waals surface area contributed by atoms with Crippen molar-refractivity contribution in [3.63, 3.8) is 0 Å². The molecule has 208 valence electrons. The highest BCUT2D eigenvalue weighted by molar-refractivity contribution is 5.95. The van der Waals surface area contributed by atoms with E-state index in [9.17, 15) is 19.2 Å². The topological polar surface area (TPSA) is 126 Å². The van der Waals surface area contributed by atoms with Crippen LogP contribution in [0.4, 0.5) is 0 Å². The summed E-state index contributed by atoms with van der Waals surface area (Å²) in [6, 6.07) is 16.2. The van der Waals surface area contributed by atoms with Crippen LogP contribution >= 0.6 is 0 Å². The molecule has 2 fully saturated rings. The van der Waals surface area contributed by atoms with Crippen LogP contribution < -0.4 is 20.7 Å². The Labute approximate surface area is 229 Å². The molecule has 4 rings (SSSR count). The molecule has 2 heterocycles. The van der Waals surface area contributed by atoms with Crippen molar-refractivity contribution >= 4 is 23.9 Å². The lowest BCUT2D eigenvalue weighted by Crippen LogP contribution is -2.67. The van der Waals surface area contributed by atoms with Gasteiger partial charge in [0, 0.05) is 19.4 Å². The summed E-state index contributed by atoms with van der Waals surface area (Å²) in [5, 5.41) is 9.02. The molecule has 0 bridgehead atoms. The number of carbonyl (C=O) groups excluding carboxylic acids is 4. The van der Waals surface area contributed by atoms with Gasteiger partial charge in [0.25, 0.3) is 0 Å². The highest BCUT2D eigenvalue weighted by atomic mass is 16.6. The highest BCUT2D eigenvalue weighted by Gasteiger charge is 2.50. The molecule has 3 N–H and O–H groups in total. The van der Waals surface area contributed by atoms with Crippen molar-refractivity contribution in [2.75, 3.05) is 20.3 Å². The average molecular weight is 536 g/mol. The third-order valence-corrected chi connectivity index (χ3v) is 7.63. The summed E-state index contributed by atoms with van der Waals surface area (Å²) in [5.74, 6) is -0.0776. The van der Waals surface area contributed by atoms with E-state index in [1.165, 1.54) is 0 Å². The number of piperidine rings is 1. The van der Waals surface area contributed by atoms with Crippen LogP contribution in [0.1, 0.15) is 44.2 Å². The molecule has 4 atom stereocenters. The molecule has 9 nitrogen and oxygen atoms in total. The standard InChI is InChI=1S/C30H37N3O6/c1-28(15-7-10-25(35)32-28)27(37)33-30(19-34,17-22-11-13-23(38-3)14-12-22)18-31-24(26(36)29(2)20-39-29)16-21-8-5-4-6-9-21/h4-6,8-9,11-14,19,24,31H,7,10,15-18,20H2,1-3H3,(H,32,35)(H,33,37)/t24-,28+,29+,30+/m0/s1. The molecule has 0 unspecified atom stereocenters. The number of hydrogen-bond donors (Lipinski definition) is 3. The van der Waals surface area contributed by atoms with Gasteiger partial charge in [0.05, 0.1) is 19.8 Å². The van der Waals surface area contributed by atoms with Crippen LogP contribution in [-0.2, 0) is 36.8 Å². The van der Waals surface area contributed by atoms with Crippen molar-refractivity contribution in [1.29, 1.82) is 0 Å². The van der Waals surface area contributed by atoms with E-state index >= 15 is 0 Å². The zero-order valence-electron chi connectivity index (χ0n) is 22.8. The Morgan fingerprint density at radius 2 is 1.82 bits per heavy atom. The summed E-state index contributed by atoms with van der Waals surface area (Å²) >= 11 is 0. The molecule has 0 aliphatic carbocycles. The molecular formula is C30H37N3O6. The monoisotopic (exact) mass is 535 g/mol. The van der Waals surface area contributed by atoms with Gasteiger partial charge in [-0.3, -0.25) is 14.4 Å². The molecule has 2 aliphatic rings. The molecule has 0 saturated carbocycles. The van der Waals surface area contributed by atoms with E-state index in [2.05, 4.69) is 16.0 Å². The summed E-state index contributed by atoms with van der Waals surface area (Å²) in [6.45, 7) is 3.77. The van der Waals surface area contributed by atoms with Crippen LogP contribution in [0.25, 0.3) is 0 Å². The second kappa shape index (κ2) is 11.7. The van der Waals surface area contributed by atoms with Crippen molar-refractivity contribution in [3.8, 4) is 5.75 Å². The van der Waals surface area contributed by atoms with Gasteiger partial charge < -0.3 is 30.2 Å². The SMILES string of the molecule is COc1ccc(C[C@](C=O)(CN[C@@H](Cc2ccccc2)C(=O)[C@@]2(C)CO2)NC(=O)[C@@]2(C)CCCC(=O)N2)cc1. The highest BCUT2D eigenvalue weighted by Crippen LogP contribution is 2.29. The molecule has 0 radical (unpaired) electrons. The molecule has 9 heteroatoms. The van der Waals surface area contributed by atoms with Gasteiger partial charge in [-0.25, -0.2) is 0 Å². The lowest BCUT2D eigenvalue weighted by molar-refractivity contribution is -0.137. The third-order valence-electron chi connectivity index (χ3n) is 7.63. The summed E-state index contributed by atoms with van der Waals surface area (Å²) < 4.78 is 10.7. The van der Waals surface area contributed by atoms with Gasteiger partial charge in [0.2, 0.25) is 11.8 Å². The lowest BCUT2D eigenvalue weighted by Gasteiger charge is -2.38. The van der Waals surface area contributed by atoms with Gasteiger partial charge in [-0.05, 0) is 56.4 Å². The van der Waals surface area contributed by atoms with Gasteiger partial charge in [-0.15, -0.1) is 0 Å². The van der Waals surface area contributed by atoms with Crippen LogP contribution in [0.2, 0.25) is 0 Å². The Balaban J connectivity index is 1.60. The Morgan fingerprint density at radius 1 is 1.13 bits per heavy atom. The first-order valence-corrected chi connectivity index (χ1v) is 13.3. The minimum absolute atomic E-state index is 0.00237. The maximum absolute atomic E-state index is 13.5. The minimum atomic E-state index is -1.39. The number of nitrogens with one attached hydrogen (secondary N) is 3. The molecule has 2 aromatic carbocycles. The van der Waals surface area contributed by atoms with E-state index in [1.807, 2.05) is 42.5 Å². The lowest BCUT2D eigenvalue weighted by atomic mass is 9.86. The van der Waals surface area contributed by atoms with Gasteiger partial charge in [0.15, 0.2) is 5.78 Å². The van der Waals surface area contributed by atoms with Gasteiger partial charge in [-0.1, -0.05) is 42.5 Å². The van der Waals surface area contributed by atoms with Crippen molar-refractivity contribution in [1.82, 2.24) is 16.0 Å². The molecule has 0 aromatic heterocycles. The van der Waals surface area contributed by atoms with Gasteiger partial charge in [0.1, 0.15) is 28.7 Å². The minimum Gasteiger partial charge on any atom is -0.497 e. The van der Waals surface area contributed by atoms with E-state index in [0.29, 0.717) is 38.0 Å². The van der Waals surface area contributed by atoms with Crippen LogP contribution in [0.3, 0.4) is 0 Å². The predicted molar refractivity (Wildman–Crippen MR) is 145 cm³/mol. The summed E-state index contributed by atoms with van der Waals surface area (Å²) in [7, 11) is 1.57. The summed E-state index contributed by atoms with van der Waals surface area (Å²) in [5.41, 5.74) is -1.64. The van der Waals surface area contributed by atoms with E-state index in [1.54, 1.807) is 33.1 Å². The molecule has 2 amide bonds. The van der Waals surface area contributed by atoms with Crippen molar-refractivity contribution in [2.24, 2.45) is 0 Å². The quantitative estimate of drug-likeness (QED) is 0.264. The molecule has 0 spiro atoms. The van der Waals surface area contributed by atoms with E-state index in [4.69, 9.17) is 9.47 Å². The van der Waals surface area contributed by atoms with E-state index < -0.39 is 28.6 Å². The molecule has 2 aromatic rings. The first kappa shape index (κ1) is 28.4. The van der Waals surface area contributed by atoms with Crippen LogP contribution in [-0.4, -0.2) is 66.9 Å². The van der Waals surface area contributed by atoms with Crippen LogP contribution in [0, 0.1) is 0 Å². The average Bonchev–Trinajstić information content (AvgIpc) is 3.69. The van der Waals surface area contributed by atoms with Crippen molar-refractivity contribution in [3.05, 3.63) is 65.7 Å². The third kappa shape index (κ3) is 6.91. The number of methoxy groups -OCH3 is 1. The fraction of sp³-hybridized carbons (Fsp3) is 0.467. The Morgan fingerprint density at radius 3 is 2.41 bits per heavy atom. The fourth-order valence-corrected chi connectivity index (χ4v) is 4.97. The van der Waals surface area contributed by atoms with E-state index in [0.717, 1.165) is 17.4 Å². The Kier molecular flexibility index (Phi) is 8.51. The summed E-state index contributed by atoms with van der Waals surface area (Å²) in [4.78, 5) is 51.9. The number of amides is 2. The zero-order valence-corrected chi connectivity index (χ0v) is 22.8. The Hall–Kier alpha value is -3.56. The number of rotatable bonds is 13. The number of Topliss-reactive ketones (excluding diaryl/α,β-unsaturated/α-hetero) is 1. The maximum atomic E-state index is 13.5. The zero-order chi connectivity index (χ0) is 28.1. The fourth-order valence-electron chi connectivity index (χ4n) is 4.97. The second-order valence-corrected chi connectivity index (χ2v) is 11.0. The number of hydrogen-bond acceptors (Lipinski definition) is 7. The van der Waals surface area contributed by atoms with Crippen LogP contribution in [0.15, 0.2) is 54.6 Å². The first-order chi connectivity index (χ1) is 18.6. The van der Waals surface area contributed by atoms with Crippen molar-refractivity contribution in [2.45, 2.75) is 68.7 Å². The van der Waals surface area contributed by atoms with Gasteiger partial charge in [-0.2, -0.15) is 0 Å². The number of benzene rings is 2. The first-order valence-electron chi connectivity index (χ1n) is 13.3. The van der Waals surface area contributed by atoms with Crippen molar-refractivity contribution < 1.29 is 28.7 Å².